The lowest BCUT2D eigenvalue weighted by molar-refractivity contribution is -0.119. The number of para-hydroxylation sites is 2. The van der Waals surface area contributed by atoms with Gasteiger partial charge < -0.3 is 14.0 Å². The fourth-order valence-corrected chi connectivity index (χ4v) is 7.82. The van der Waals surface area contributed by atoms with E-state index in [1.54, 1.807) is 23.9 Å². The van der Waals surface area contributed by atoms with Crippen molar-refractivity contribution in [2.75, 3.05) is 19.1 Å². The number of amides is 1. The summed E-state index contributed by atoms with van der Waals surface area (Å²) in [6.07, 6.45) is 0. The van der Waals surface area contributed by atoms with E-state index in [0.717, 1.165) is 56.7 Å². The van der Waals surface area contributed by atoms with Crippen molar-refractivity contribution in [1.82, 2.24) is 14.2 Å². The molecule has 47 heavy (non-hydrogen) atoms. The molecule has 0 bridgehead atoms. The summed E-state index contributed by atoms with van der Waals surface area (Å²) in [4.78, 5) is 16.7. The third kappa shape index (κ3) is 7.00. The van der Waals surface area contributed by atoms with Crippen molar-refractivity contribution in [2.24, 2.45) is 0 Å². The number of thioether (sulfide) groups is 1. The van der Waals surface area contributed by atoms with E-state index in [1.165, 1.54) is 4.90 Å². The Labute approximate surface area is 278 Å². The molecule has 1 aliphatic rings. The van der Waals surface area contributed by atoms with Crippen molar-refractivity contribution in [2.45, 2.75) is 29.4 Å². The number of ether oxygens (including phenoxy) is 2. The maximum Gasteiger partial charge on any atom is 0.264 e. The number of rotatable bonds is 12. The molecular formula is C37H33N3O5S2. The van der Waals surface area contributed by atoms with Gasteiger partial charge in [-0.25, -0.2) is 13.1 Å². The number of sulfonamides is 1. The number of benzene rings is 5. The van der Waals surface area contributed by atoms with E-state index in [2.05, 4.69) is 21.8 Å². The molecule has 5 aromatic carbocycles. The normalized spacial score (nSPS) is 12.6. The molecule has 8 nitrogen and oxygen atoms in total. The number of carbonyl (C=O) groups excluding carboxylic acids is 1. The predicted molar refractivity (Wildman–Crippen MR) is 185 cm³/mol. The summed E-state index contributed by atoms with van der Waals surface area (Å²) in [5, 5.41) is 2.03. The lowest BCUT2D eigenvalue weighted by Gasteiger charge is -2.23. The number of nitrogens with one attached hydrogen (secondary N) is 1. The molecule has 6 aromatic rings. The Morgan fingerprint density at radius 1 is 0.745 bits per heavy atom. The SMILES string of the molecule is O=C(Cn1c2ccccc2c2ccccc21)NS(=O)(=O)c1ccc(CN(CCSc2ccccc2)Cc2ccc3c(c2)OCO3)cc1. The van der Waals surface area contributed by atoms with Crippen LogP contribution in [0.25, 0.3) is 21.8 Å². The van der Waals surface area contributed by atoms with Crippen molar-refractivity contribution in [3.8, 4) is 11.5 Å². The van der Waals surface area contributed by atoms with Crippen LogP contribution in [-0.4, -0.2) is 42.9 Å². The summed E-state index contributed by atoms with van der Waals surface area (Å²) in [6, 6.07) is 38.6. The van der Waals surface area contributed by atoms with Crippen LogP contribution >= 0.6 is 11.8 Å². The minimum atomic E-state index is -4.07. The standard InChI is InChI=1S/C37H33N3O5S2/c41-37(25-40-33-12-6-4-10-31(33)32-11-5-7-13-34(32)40)38-47(42,43)30-17-14-27(15-18-30)23-39(20-21-46-29-8-2-1-3-9-29)24-28-16-19-35-36(22-28)45-26-44-35/h1-19,22H,20-21,23-26H2,(H,38,41). The Bertz CT molecular complexity index is 2100. The number of hydrogen-bond donors (Lipinski definition) is 1. The number of fused-ring (bicyclic) bond motifs is 4. The summed E-state index contributed by atoms with van der Waals surface area (Å²) in [5.41, 5.74) is 3.81. The van der Waals surface area contributed by atoms with Gasteiger partial charge in [0.05, 0.1) is 4.90 Å². The summed E-state index contributed by atoms with van der Waals surface area (Å²) >= 11 is 1.80. The minimum absolute atomic E-state index is 0.0405. The molecule has 1 aromatic heterocycles. The van der Waals surface area contributed by atoms with Gasteiger partial charge in [0.1, 0.15) is 6.54 Å². The van der Waals surface area contributed by atoms with E-state index in [9.17, 15) is 13.2 Å². The van der Waals surface area contributed by atoms with Crippen LogP contribution in [0.1, 0.15) is 11.1 Å². The lowest BCUT2D eigenvalue weighted by atomic mass is 10.1. The van der Waals surface area contributed by atoms with E-state index in [1.807, 2.05) is 102 Å². The highest BCUT2D eigenvalue weighted by molar-refractivity contribution is 7.99. The Morgan fingerprint density at radius 2 is 1.36 bits per heavy atom. The zero-order valence-electron chi connectivity index (χ0n) is 25.5. The van der Waals surface area contributed by atoms with Gasteiger partial charge in [0.15, 0.2) is 11.5 Å². The van der Waals surface area contributed by atoms with E-state index in [-0.39, 0.29) is 18.2 Å². The number of nitrogens with zero attached hydrogens (tertiary/aromatic N) is 2. The molecule has 2 heterocycles. The number of carbonyl (C=O) groups is 1. The second kappa shape index (κ2) is 13.5. The van der Waals surface area contributed by atoms with E-state index in [4.69, 9.17) is 9.47 Å². The van der Waals surface area contributed by atoms with Crippen LogP contribution in [-0.2, 0) is 34.5 Å². The zero-order valence-corrected chi connectivity index (χ0v) is 27.2. The first kappa shape index (κ1) is 30.9. The highest BCUT2D eigenvalue weighted by atomic mass is 32.2. The van der Waals surface area contributed by atoms with Crippen LogP contribution < -0.4 is 14.2 Å². The van der Waals surface area contributed by atoms with Gasteiger partial charge in [-0.3, -0.25) is 9.69 Å². The van der Waals surface area contributed by atoms with Gasteiger partial charge in [-0.1, -0.05) is 72.8 Å². The second-order valence-electron chi connectivity index (χ2n) is 11.4. The van der Waals surface area contributed by atoms with Crippen LogP contribution in [0, 0.1) is 0 Å². The molecular weight excluding hydrogens is 631 g/mol. The second-order valence-corrected chi connectivity index (χ2v) is 14.2. The van der Waals surface area contributed by atoms with Crippen molar-refractivity contribution < 1.29 is 22.7 Å². The summed E-state index contributed by atoms with van der Waals surface area (Å²) in [6.45, 7) is 2.22. The average Bonchev–Trinajstić information content (AvgIpc) is 3.68. The number of aromatic nitrogens is 1. The first-order valence-electron chi connectivity index (χ1n) is 15.3. The first-order chi connectivity index (χ1) is 22.9. The molecule has 0 aliphatic carbocycles. The van der Waals surface area contributed by atoms with Gasteiger partial charge >= 0.3 is 0 Å². The van der Waals surface area contributed by atoms with Gasteiger partial charge in [-0.15, -0.1) is 11.8 Å². The molecule has 10 heteroatoms. The molecule has 0 spiro atoms. The van der Waals surface area contributed by atoms with Gasteiger partial charge in [0.25, 0.3) is 15.9 Å². The van der Waals surface area contributed by atoms with Crippen molar-refractivity contribution in [3.63, 3.8) is 0 Å². The molecule has 0 radical (unpaired) electrons. The Hall–Kier alpha value is -4.77. The lowest BCUT2D eigenvalue weighted by Crippen LogP contribution is -2.33. The average molecular weight is 664 g/mol. The van der Waals surface area contributed by atoms with E-state index < -0.39 is 15.9 Å². The quantitative estimate of drug-likeness (QED) is 0.144. The maximum absolute atomic E-state index is 13.3. The molecule has 1 amide bonds. The molecule has 1 N–H and O–H groups in total. The number of hydrogen-bond acceptors (Lipinski definition) is 7. The monoisotopic (exact) mass is 663 g/mol. The maximum atomic E-state index is 13.3. The molecule has 0 atom stereocenters. The van der Waals surface area contributed by atoms with Crippen molar-refractivity contribution >= 4 is 49.5 Å². The van der Waals surface area contributed by atoms with Crippen LogP contribution in [0.3, 0.4) is 0 Å². The van der Waals surface area contributed by atoms with Gasteiger partial charge in [-0.05, 0) is 59.7 Å². The molecule has 0 unspecified atom stereocenters. The first-order valence-corrected chi connectivity index (χ1v) is 17.8. The Balaban J connectivity index is 1.03. The topological polar surface area (TPSA) is 89.9 Å². The molecule has 238 valence electrons. The third-order valence-electron chi connectivity index (χ3n) is 8.13. The van der Waals surface area contributed by atoms with Crippen LogP contribution in [0.4, 0.5) is 0 Å². The summed E-state index contributed by atoms with van der Waals surface area (Å²) in [7, 11) is -4.07. The van der Waals surface area contributed by atoms with Crippen LogP contribution in [0.15, 0.2) is 131 Å². The highest BCUT2D eigenvalue weighted by Gasteiger charge is 2.20. The molecule has 0 saturated carbocycles. The molecule has 0 saturated heterocycles. The molecule has 7 rings (SSSR count). The van der Waals surface area contributed by atoms with Gasteiger partial charge in [0.2, 0.25) is 6.79 Å². The fourth-order valence-electron chi connectivity index (χ4n) is 5.91. The van der Waals surface area contributed by atoms with Crippen LogP contribution in [0.5, 0.6) is 11.5 Å². The summed E-state index contributed by atoms with van der Waals surface area (Å²) in [5.74, 6) is 1.78. The summed E-state index contributed by atoms with van der Waals surface area (Å²) < 4.78 is 41.7. The van der Waals surface area contributed by atoms with E-state index in [0.29, 0.717) is 13.1 Å². The van der Waals surface area contributed by atoms with Gasteiger partial charge in [0, 0.05) is 52.1 Å². The fraction of sp³-hybridized carbons (Fsp3) is 0.162. The molecule has 0 fully saturated rings. The Kier molecular flexibility index (Phi) is 8.88. The zero-order chi connectivity index (χ0) is 32.2. The minimum Gasteiger partial charge on any atom is -0.454 e. The van der Waals surface area contributed by atoms with Crippen molar-refractivity contribution in [1.29, 1.82) is 0 Å². The van der Waals surface area contributed by atoms with E-state index >= 15 is 0 Å². The van der Waals surface area contributed by atoms with Gasteiger partial charge in [-0.2, -0.15) is 0 Å². The Morgan fingerprint density at radius 3 is 2.09 bits per heavy atom. The predicted octanol–water partition coefficient (Wildman–Crippen LogP) is 6.82. The largest absolute Gasteiger partial charge is 0.454 e. The smallest absolute Gasteiger partial charge is 0.264 e. The van der Waals surface area contributed by atoms with Crippen molar-refractivity contribution in [3.05, 3.63) is 132 Å². The highest BCUT2D eigenvalue weighted by Crippen LogP contribution is 2.33. The third-order valence-corrected chi connectivity index (χ3v) is 10.5. The van der Waals surface area contributed by atoms with Crippen LogP contribution in [0.2, 0.25) is 0 Å². The molecule has 1 aliphatic heterocycles.